The van der Waals surface area contributed by atoms with Crippen LogP contribution in [0, 0.1) is 0 Å². The third kappa shape index (κ3) is 5.62. The maximum Gasteiger partial charge on any atom is 0.252 e. The van der Waals surface area contributed by atoms with Crippen molar-refractivity contribution >= 4 is 10.9 Å². The number of fused-ring (bicyclic) bond motifs is 1. The Hall–Kier alpha value is -4.24. The Morgan fingerprint density at radius 1 is 1.11 bits per heavy atom. The van der Waals surface area contributed by atoms with Crippen LogP contribution in [0.2, 0.25) is 0 Å². The van der Waals surface area contributed by atoms with Gasteiger partial charge in [0.25, 0.3) is 5.56 Å². The molecule has 0 bridgehead atoms. The second-order valence-corrected chi connectivity index (χ2v) is 8.98. The smallest absolute Gasteiger partial charge is 0.252 e. The number of hydrogen-bond acceptors (Lipinski definition) is 7. The number of rotatable bonds is 11. The monoisotopic (exact) mass is 498 g/mol. The van der Waals surface area contributed by atoms with E-state index in [1.54, 1.807) is 18.1 Å². The van der Waals surface area contributed by atoms with Crippen molar-refractivity contribution < 1.29 is 9.15 Å². The Bertz CT molecular complexity index is 1490. The third-order valence-corrected chi connectivity index (χ3v) is 6.60. The molecule has 1 N–H and O–H groups in total. The van der Waals surface area contributed by atoms with E-state index < -0.39 is 0 Å². The topological polar surface area (TPSA) is 102 Å². The van der Waals surface area contributed by atoms with E-state index in [2.05, 4.69) is 44.5 Å². The lowest BCUT2D eigenvalue weighted by atomic mass is 10.1. The summed E-state index contributed by atoms with van der Waals surface area (Å²) in [5.74, 6) is 2.23. The van der Waals surface area contributed by atoms with Gasteiger partial charge in [-0.3, -0.25) is 9.69 Å². The van der Waals surface area contributed by atoms with Gasteiger partial charge in [-0.2, -0.15) is 0 Å². The molecule has 9 heteroatoms. The number of methoxy groups -OCH3 is 1. The number of pyridine rings is 1. The number of H-pyrrole nitrogens is 1. The number of aromatic nitrogens is 5. The molecule has 5 aromatic rings. The van der Waals surface area contributed by atoms with E-state index in [9.17, 15) is 4.79 Å². The highest BCUT2D eigenvalue weighted by molar-refractivity contribution is 5.80. The van der Waals surface area contributed by atoms with Gasteiger partial charge in [-0.25, -0.2) is 4.68 Å². The standard InChI is InChI=1S/C28H30N6O3/c1-3-26(27-30-31-32-34(27)19-24-10-7-15-37-24)33(14-13-20-8-5-4-6-9-20)18-22-16-21-11-12-23(36-2)17-25(21)29-28(22)35/h4-12,15-17,26H,3,13-14,18-19H2,1-2H3,(H,29,35)/t26-/m0/s1. The molecule has 3 aromatic heterocycles. The molecule has 0 aliphatic carbocycles. The van der Waals surface area contributed by atoms with Gasteiger partial charge < -0.3 is 14.1 Å². The molecule has 9 nitrogen and oxygen atoms in total. The quantitative estimate of drug-likeness (QED) is 0.289. The number of nitrogens with one attached hydrogen (secondary N) is 1. The van der Waals surface area contributed by atoms with Gasteiger partial charge in [0, 0.05) is 24.7 Å². The Morgan fingerprint density at radius 2 is 1.97 bits per heavy atom. The van der Waals surface area contributed by atoms with Crippen LogP contribution in [0.25, 0.3) is 10.9 Å². The van der Waals surface area contributed by atoms with Crippen LogP contribution in [0.3, 0.4) is 0 Å². The highest BCUT2D eigenvalue weighted by Crippen LogP contribution is 2.26. The highest BCUT2D eigenvalue weighted by atomic mass is 16.5. The summed E-state index contributed by atoms with van der Waals surface area (Å²) >= 11 is 0. The molecule has 0 spiro atoms. The Labute approximate surface area is 214 Å². The first-order valence-corrected chi connectivity index (χ1v) is 12.4. The first-order valence-electron chi connectivity index (χ1n) is 12.4. The molecule has 0 unspecified atom stereocenters. The summed E-state index contributed by atoms with van der Waals surface area (Å²) in [5.41, 5.74) is 2.56. The molecule has 0 aliphatic heterocycles. The molecule has 3 heterocycles. The minimum absolute atomic E-state index is 0.0976. The van der Waals surface area contributed by atoms with Crippen LogP contribution < -0.4 is 10.3 Å². The number of nitrogens with zero attached hydrogens (tertiary/aromatic N) is 5. The molecule has 190 valence electrons. The molecule has 5 rings (SSSR count). The maximum atomic E-state index is 13.1. The lowest BCUT2D eigenvalue weighted by Gasteiger charge is -2.30. The van der Waals surface area contributed by atoms with E-state index >= 15 is 0 Å². The van der Waals surface area contributed by atoms with Gasteiger partial charge >= 0.3 is 0 Å². The van der Waals surface area contributed by atoms with Crippen molar-refractivity contribution in [2.24, 2.45) is 0 Å². The minimum atomic E-state index is -0.115. The fraction of sp³-hybridized carbons (Fsp3) is 0.286. The number of tetrazole rings is 1. The molecule has 0 aliphatic rings. The number of ether oxygens (including phenoxy) is 1. The number of hydrogen-bond donors (Lipinski definition) is 1. The Kier molecular flexibility index (Phi) is 7.41. The second-order valence-electron chi connectivity index (χ2n) is 8.98. The van der Waals surface area contributed by atoms with Crippen molar-refractivity contribution in [1.82, 2.24) is 30.1 Å². The van der Waals surface area contributed by atoms with E-state index in [1.165, 1.54) is 5.56 Å². The van der Waals surface area contributed by atoms with Crippen molar-refractivity contribution in [3.8, 4) is 5.75 Å². The lowest BCUT2D eigenvalue weighted by Crippen LogP contribution is -2.34. The van der Waals surface area contributed by atoms with E-state index in [1.807, 2.05) is 54.6 Å². The predicted molar refractivity (Wildman–Crippen MR) is 140 cm³/mol. The fourth-order valence-electron chi connectivity index (χ4n) is 4.67. The summed E-state index contributed by atoms with van der Waals surface area (Å²) in [5, 5.41) is 13.5. The first-order chi connectivity index (χ1) is 18.1. The number of aromatic amines is 1. The van der Waals surface area contributed by atoms with Gasteiger partial charge in [-0.1, -0.05) is 37.3 Å². The van der Waals surface area contributed by atoms with Crippen LogP contribution in [0.15, 0.2) is 82.2 Å². The average molecular weight is 499 g/mol. The van der Waals surface area contributed by atoms with Crippen molar-refractivity contribution in [3.63, 3.8) is 0 Å². The van der Waals surface area contributed by atoms with Crippen molar-refractivity contribution in [1.29, 1.82) is 0 Å². The Balaban J connectivity index is 1.47. The van der Waals surface area contributed by atoms with E-state index in [0.717, 1.165) is 41.9 Å². The molecular formula is C28H30N6O3. The SMILES string of the molecule is CC[C@@H](c1nnnn1Cc1ccco1)N(CCc1ccccc1)Cc1cc2ccc(OC)cc2[nH]c1=O. The number of benzene rings is 2. The van der Waals surface area contributed by atoms with Gasteiger partial charge in [-0.15, -0.1) is 5.10 Å². The zero-order chi connectivity index (χ0) is 25.6. The van der Waals surface area contributed by atoms with Gasteiger partial charge in [0.1, 0.15) is 18.1 Å². The van der Waals surface area contributed by atoms with Gasteiger partial charge in [0.15, 0.2) is 5.82 Å². The summed E-state index contributed by atoms with van der Waals surface area (Å²) in [7, 11) is 1.61. The predicted octanol–water partition coefficient (Wildman–Crippen LogP) is 4.36. The average Bonchev–Trinajstić information content (AvgIpc) is 3.61. The fourth-order valence-corrected chi connectivity index (χ4v) is 4.67. The highest BCUT2D eigenvalue weighted by Gasteiger charge is 2.26. The minimum Gasteiger partial charge on any atom is -0.497 e. The maximum absolute atomic E-state index is 13.1. The summed E-state index contributed by atoms with van der Waals surface area (Å²) in [6, 6.07) is 21.7. The molecule has 1 atom stereocenters. The van der Waals surface area contributed by atoms with Gasteiger partial charge in [0.2, 0.25) is 0 Å². The number of furan rings is 1. The zero-order valence-corrected chi connectivity index (χ0v) is 21.0. The van der Waals surface area contributed by atoms with E-state index in [4.69, 9.17) is 9.15 Å². The zero-order valence-electron chi connectivity index (χ0n) is 21.0. The summed E-state index contributed by atoms with van der Waals surface area (Å²) < 4.78 is 12.6. The second kappa shape index (κ2) is 11.2. The summed E-state index contributed by atoms with van der Waals surface area (Å²) in [4.78, 5) is 18.5. The van der Waals surface area contributed by atoms with Crippen LogP contribution in [-0.2, 0) is 19.5 Å². The molecule has 0 saturated heterocycles. The molecule has 0 amide bonds. The van der Waals surface area contributed by atoms with Gasteiger partial charge in [0.05, 0.1) is 24.9 Å². The van der Waals surface area contributed by atoms with Crippen molar-refractivity contribution in [3.05, 3.63) is 106 Å². The van der Waals surface area contributed by atoms with Crippen LogP contribution in [0.5, 0.6) is 5.75 Å². The molecule has 0 saturated carbocycles. The van der Waals surface area contributed by atoms with Crippen LogP contribution in [0.4, 0.5) is 0 Å². The largest absolute Gasteiger partial charge is 0.497 e. The lowest BCUT2D eigenvalue weighted by molar-refractivity contribution is 0.172. The molecule has 0 fully saturated rings. The van der Waals surface area contributed by atoms with Crippen molar-refractivity contribution in [2.45, 2.75) is 38.9 Å². The van der Waals surface area contributed by atoms with Crippen LogP contribution in [0.1, 0.15) is 42.1 Å². The van der Waals surface area contributed by atoms with E-state index in [0.29, 0.717) is 24.4 Å². The first kappa shape index (κ1) is 24.5. The van der Waals surface area contributed by atoms with Crippen LogP contribution >= 0.6 is 0 Å². The summed E-state index contributed by atoms with van der Waals surface area (Å²) in [6.45, 7) is 3.74. The molecule has 37 heavy (non-hydrogen) atoms. The van der Waals surface area contributed by atoms with E-state index in [-0.39, 0.29) is 11.6 Å². The van der Waals surface area contributed by atoms with Gasteiger partial charge in [-0.05, 0) is 64.5 Å². The summed E-state index contributed by atoms with van der Waals surface area (Å²) in [6.07, 6.45) is 3.25. The third-order valence-electron chi connectivity index (χ3n) is 6.60. The molecule has 0 radical (unpaired) electrons. The Morgan fingerprint density at radius 3 is 2.73 bits per heavy atom. The van der Waals surface area contributed by atoms with Crippen LogP contribution in [-0.4, -0.2) is 43.7 Å². The van der Waals surface area contributed by atoms with Crippen molar-refractivity contribution in [2.75, 3.05) is 13.7 Å². The molecule has 2 aromatic carbocycles. The molecular weight excluding hydrogens is 468 g/mol. The normalized spacial score (nSPS) is 12.3.